The van der Waals surface area contributed by atoms with Crippen LogP contribution in [0, 0.1) is 18.8 Å². The fourth-order valence-electron chi connectivity index (χ4n) is 1.04. The Morgan fingerprint density at radius 1 is 1.38 bits per heavy atom. The number of hydrogen-bond acceptors (Lipinski definition) is 3. The van der Waals surface area contributed by atoms with E-state index in [9.17, 15) is 0 Å². The normalized spacial score (nSPS) is 9.08. The minimum atomic E-state index is 0.545. The molecule has 0 saturated carbocycles. The number of nitrogens with two attached hydrogens (primary N) is 2. The third-order valence-electron chi connectivity index (χ3n) is 1.73. The summed E-state index contributed by atoms with van der Waals surface area (Å²) < 4.78 is 0. The molecule has 0 radical (unpaired) electrons. The lowest BCUT2D eigenvalue weighted by molar-refractivity contribution is 1.45. The molecule has 4 N–H and O–H groups in total. The molecule has 68 valence electrons. The predicted octanol–water partition coefficient (Wildman–Crippen LogP) is 1.44. The van der Waals surface area contributed by atoms with Crippen molar-refractivity contribution in [2.45, 2.75) is 6.92 Å². The van der Waals surface area contributed by atoms with Gasteiger partial charge in [0.2, 0.25) is 0 Å². The van der Waals surface area contributed by atoms with Gasteiger partial charge in [-0.05, 0) is 24.6 Å². The van der Waals surface area contributed by atoms with Gasteiger partial charge < -0.3 is 11.5 Å². The minimum Gasteiger partial charge on any atom is -0.397 e. The van der Waals surface area contributed by atoms with Crippen LogP contribution in [0.15, 0.2) is 12.1 Å². The average Bonchev–Trinajstić information content (AvgIpc) is 2.10. The van der Waals surface area contributed by atoms with Crippen molar-refractivity contribution in [2.75, 3.05) is 17.2 Å². The Balaban J connectivity index is 3.13. The van der Waals surface area contributed by atoms with Crippen LogP contribution < -0.4 is 11.5 Å². The number of nitrogen functional groups attached to an aromatic ring is 2. The molecule has 0 aliphatic carbocycles. The van der Waals surface area contributed by atoms with Crippen LogP contribution in [0.1, 0.15) is 11.1 Å². The zero-order chi connectivity index (χ0) is 9.84. The van der Waals surface area contributed by atoms with Crippen LogP contribution in [0.3, 0.4) is 0 Å². The van der Waals surface area contributed by atoms with Gasteiger partial charge in [-0.25, -0.2) is 0 Å². The van der Waals surface area contributed by atoms with Crippen molar-refractivity contribution in [2.24, 2.45) is 0 Å². The number of thiol groups is 1. The SMILES string of the molecule is Cc1cc(C#CCS)cc(N)c1N. The fraction of sp³-hybridized carbons (Fsp3) is 0.200. The van der Waals surface area contributed by atoms with E-state index in [0.717, 1.165) is 11.1 Å². The second-order valence-electron chi connectivity index (χ2n) is 2.76. The summed E-state index contributed by atoms with van der Waals surface area (Å²) in [5.74, 6) is 6.34. The Hall–Kier alpha value is -1.27. The largest absolute Gasteiger partial charge is 0.397 e. The van der Waals surface area contributed by atoms with Crippen molar-refractivity contribution in [1.29, 1.82) is 0 Å². The molecule has 2 nitrogen and oxygen atoms in total. The van der Waals surface area contributed by atoms with Gasteiger partial charge in [-0.1, -0.05) is 11.8 Å². The molecule has 0 aliphatic heterocycles. The third-order valence-corrected chi connectivity index (χ3v) is 1.89. The van der Waals surface area contributed by atoms with E-state index in [2.05, 4.69) is 24.5 Å². The summed E-state index contributed by atoms with van der Waals surface area (Å²) >= 11 is 3.99. The lowest BCUT2D eigenvalue weighted by Gasteiger charge is -2.04. The van der Waals surface area contributed by atoms with Crippen LogP contribution in [0.25, 0.3) is 0 Å². The van der Waals surface area contributed by atoms with Gasteiger partial charge in [-0.3, -0.25) is 0 Å². The molecule has 0 fully saturated rings. The minimum absolute atomic E-state index is 0.545. The van der Waals surface area contributed by atoms with E-state index < -0.39 is 0 Å². The molecule has 0 atom stereocenters. The quantitative estimate of drug-likeness (QED) is 0.331. The van der Waals surface area contributed by atoms with E-state index in [1.54, 1.807) is 6.07 Å². The van der Waals surface area contributed by atoms with Gasteiger partial charge in [-0.2, -0.15) is 12.6 Å². The number of aryl methyl sites for hydroxylation is 1. The lowest BCUT2D eigenvalue weighted by Crippen LogP contribution is -1.97. The Labute approximate surface area is 83.7 Å². The van der Waals surface area contributed by atoms with Gasteiger partial charge in [0.25, 0.3) is 0 Å². The average molecular weight is 192 g/mol. The summed E-state index contributed by atoms with van der Waals surface area (Å²) in [4.78, 5) is 0. The highest BCUT2D eigenvalue weighted by molar-refractivity contribution is 7.80. The van der Waals surface area contributed by atoms with Crippen LogP contribution in [0.4, 0.5) is 11.4 Å². The van der Waals surface area contributed by atoms with Crippen molar-refractivity contribution in [3.63, 3.8) is 0 Å². The first kappa shape index (κ1) is 9.82. The second kappa shape index (κ2) is 4.11. The van der Waals surface area contributed by atoms with E-state index in [-0.39, 0.29) is 0 Å². The van der Waals surface area contributed by atoms with Gasteiger partial charge >= 0.3 is 0 Å². The summed E-state index contributed by atoms with van der Waals surface area (Å²) in [6.07, 6.45) is 0. The summed E-state index contributed by atoms with van der Waals surface area (Å²) in [5.41, 5.74) is 14.4. The molecule has 3 heteroatoms. The van der Waals surface area contributed by atoms with Crippen LogP contribution in [0.2, 0.25) is 0 Å². The highest BCUT2D eigenvalue weighted by Gasteiger charge is 1.99. The second-order valence-corrected chi connectivity index (χ2v) is 3.07. The molecule has 0 unspecified atom stereocenters. The third kappa shape index (κ3) is 2.33. The number of hydrogen-bond donors (Lipinski definition) is 3. The van der Waals surface area contributed by atoms with E-state index in [1.807, 2.05) is 13.0 Å². The summed E-state index contributed by atoms with van der Waals surface area (Å²) in [7, 11) is 0. The van der Waals surface area contributed by atoms with E-state index >= 15 is 0 Å². The van der Waals surface area contributed by atoms with E-state index in [4.69, 9.17) is 11.5 Å². The smallest absolute Gasteiger partial charge is 0.0578 e. The van der Waals surface area contributed by atoms with Crippen LogP contribution >= 0.6 is 12.6 Å². The topological polar surface area (TPSA) is 52.0 Å². The van der Waals surface area contributed by atoms with Crippen molar-refractivity contribution in [1.82, 2.24) is 0 Å². The van der Waals surface area contributed by atoms with Crippen molar-refractivity contribution < 1.29 is 0 Å². The molecule has 1 aromatic carbocycles. The molecule has 0 saturated heterocycles. The van der Waals surface area contributed by atoms with Gasteiger partial charge in [-0.15, -0.1) is 0 Å². The fourth-order valence-corrected chi connectivity index (χ4v) is 1.12. The maximum atomic E-state index is 5.69. The summed E-state index contributed by atoms with van der Waals surface area (Å²) in [6.45, 7) is 1.91. The van der Waals surface area contributed by atoms with Gasteiger partial charge in [0.15, 0.2) is 0 Å². The molecule has 0 aliphatic rings. The Kier molecular flexibility index (Phi) is 3.10. The zero-order valence-electron chi connectivity index (χ0n) is 7.46. The predicted molar refractivity (Wildman–Crippen MR) is 60.7 cm³/mol. The van der Waals surface area contributed by atoms with Crippen LogP contribution in [0.5, 0.6) is 0 Å². The molecular formula is C10H12N2S. The van der Waals surface area contributed by atoms with Crippen molar-refractivity contribution in [3.05, 3.63) is 23.3 Å². The lowest BCUT2D eigenvalue weighted by atomic mass is 10.1. The first-order valence-electron chi connectivity index (χ1n) is 3.90. The summed E-state index contributed by atoms with van der Waals surface area (Å²) in [6, 6.07) is 3.70. The number of benzene rings is 1. The Bertz CT molecular complexity index is 351. The highest BCUT2D eigenvalue weighted by atomic mass is 32.1. The zero-order valence-corrected chi connectivity index (χ0v) is 8.36. The Morgan fingerprint density at radius 2 is 2.08 bits per heavy atom. The maximum absolute atomic E-state index is 5.69. The van der Waals surface area contributed by atoms with Gasteiger partial charge in [0.05, 0.1) is 17.1 Å². The molecule has 0 spiro atoms. The molecule has 1 rings (SSSR count). The van der Waals surface area contributed by atoms with E-state index in [0.29, 0.717) is 17.1 Å². The molecular weight excluding hydrogens is 180 g/mol. The van der Waals surface area contributed by atoms with Crippen molar-refractivity contribution in [3.8, 4) is 11.8 Å². The first-order chi connectivity index (χ1) is 6.15. The van der Waals surface area contributed by atoms with Crippen LogP contribution in [-0.4, -0.2) is 5.75 Å². The highest BCUT2D eigenvalue weighted by Crippen LogP contribution is 2.20. The van der Waals surface area contributed by atoms with Gasteiger partial charge in [0, 0.05) is 5.56 Å². The van der Waals surface area contributed by atoms with Gasteiger partial charge in [0.1, 0.15) is 0 Å². The van der Waals surface area contributed by atoms with E-state index in [1.165, 1.54) is 0 Å². The molecule has 0 amide bonds. The molecule has 13 heavy (non-hydrogen) atoms. The summed E-state index contributed by atoms with van der Waals surface area (Å²) in [5, 5.41) is 0. The maximum Gasteiger partial charge on any atom is 0.0578 e. The molecule has 0 aromatic heterocycles. The first-order valence-corrected chi connectivity index (χ1v) is 4.53. The molecule has 0 heterocycles. The monoisotopic (exact) mass is 192 g/mol. The number of rotatable bonds is 0. The van der Waals surface area contributed by atoms with Crippen molar-refractivity contribution >= 4 is 24.0 Å². The standard InChI is InChI=1S/C10H12N2S/c1-7-5-8(3-2-4-13)6-9(11)10(7)12/h5-6,13H,4,11-12H2,1H3. The Morgan fingerprint density at radius 3 is 2.62 bits per heavy atom. The van der Waals surface area contributed by atoms with Crippen LogP contribution in [-0.2, 0) is 0 Å². The molecule has 1 aromatic rings. The number of anilines is 2. The molecule has 0 bridgehead atoms.